The van der Waals surface area contributed by atoms with E-state index in [9.17, 15) is 4.79 Å². The minimum atomic E-state index is 0.141. The Labute approximate surface area is 192 Å². The molecule has 0 saturated heterocycles. The van der Waals surface area contributed by atoms with Gasteiger partial charge >= 0.3 is 0 Å². The lowest BCUT2D eigenvalue weighted by Gasteiger charge is -2.57. The first kappa shape index (κ1) is 20.5. The van der Waals surface area contributed by atoms with Crippen LogP contribution in [0.3, 0.4) is 0 Å². The van der Waals surface area contributed by atoms with Crippen molar-refractivity contribution >= 4 is 44.4 Å². The van der Waals surface area contributed by atoms with Crippen molar-refractivity contribution in [2.75, 3.05) is 4.43 Å². The number of carbonyl (C=O) groups excluding carboxylic acids is 1. The summed E-state index contributed by atoms with van der Waals surface area (Å²) in [5.74, 6) is 3.91. The van der Waals surface area contributed by atoms with Gasteiger partial charge in [-0.3, -0.25) is 4.79 Å². The number of alkyl halides is 2. The first-order valence-electron chi connectivity index (χ1n) is 11.8. The third-order valence-corrected chi connectivity index (χ3v) is 10.4. The Bertz CT molecular complexity index is 552. The largest absolute Gasteiger partial charge is 0.350 e. The van der Waals surface area contributed by atoms with Crippen LogP contribution < -0.4 is 10.6 Å². The van der Waals surface area contributed by atoms with E-state index in [2.05, 4.69) is 49.2 Å². The summed E-state index contributed by atoms with van der Waals surface area (Å²) < 4.78 is 0.942. The summed E-state index contributed by atoms with van der Waals surface area (Å²) in [6.45, 7) is 0. The summed E-state index contributed by atoms with van der Waals surface area (Å²) in [7, 11) is 0. The van der Waals surface area contributed by atoms with E-state index in [1.165, 1.54) is 77.0 Å². The van der Waals surface area contributed by atoms with E-state index in [-0.39, 0.29) is 11.5 Å². The summed E-state index contributed by atoms with van der Waals surface area (Å²) >= 11 is 6.26. The van der Waals surface area contributed by atoms with Gasteiger partial charge in [0.15, 0.2) is 0 Å². The standard InChI is InChI=1S/C23H36BrIN2O/c24-18-3-5-19(6-4-18)26-21(17-1-2-17)20(13-25)22(28)27-23-10-14-7-15(11-23)9-16(8-14)12-23/h14-21,26H,1-13H2,(H,27,28). The molecule has 1 amide bonds. The first-order valence-corrected chi connectivity index (χ1v) is 14.3. The molecule has 6 fully saturated rings. The van der Waals surface area contributed by atoms with Gasteiger partial charge in [0.05, 0.1) is 5.92 Å². The molecule has 0 radical (unpaired) electrons. The molecule has 0 spiro atoms. The van der Waals surface area contributed by atoms with Crippen molar-refractivity contribution in [3.05, 3.63) is 0 Å². The van der Waals surface area contributed by atoms with Crippen molar-refractivity contribution in [3.63, 3.8) is 0 Å². The molecule has 6 aliphatic carbocycles. The van der Waals surface area contributed by atoms with E-state index in [0.29, 0.717) is 22.8 Å². The van der Waals surface area contributed by atoms with Gasteiger partial charge in [-0.15, -0.1) is 0 Å². The number of amides is 1. The second-order valence-electron chi connectivity index (χ2n) is 10.9. The summed E-state index contributed by atoms with van der Waals surface area (Å²) in [6.07, 6.45) is 15.8. The van der Waals surface area contributed by atoms with Crippen LogP contribution in [0.2, 0.25) is 0 Å². The molecule has 0 heterocycles. The molecule has 4 bridgehead atoms. The van der Waals surface area contributed by atoms with Crippen molar-refractivity contribution in [2.45, 2.75) is 99.5 Å². The monoisotopic (exact) mass is 562 g/mol. The molecule has 0 aliphatic heterocycles. The summed E-state index contributed by atoms with van der Waals surface area (Å²) in [5, 5.41) is 7.68. The van der Waals surface area contributed by atoms with Gasteiger partial charge in [-0.05, 0) is 101 Å². The van der Waals surface area contributed by atoms with Crippen LogP contribution in [0.25, 0.3) is 0 Å². The molecule has 28 heavy (non-hydrogen) atoms. The fraction of sp³-hybridized carbons (Fsp3) is 0.957. The average molecular weight is 563 g/mol. The van der Waals surface area contributed by atoms with E-state index in [0.717, 1.165) is 28.1 Å². The highest BCUT2D eigenvalue weighted by Crippen LogP contribution is 2.55. The van der Waals surface area contributed by atoms with Gasteiger partial charge in [-0.2, -0.15) is 0 Å². The zero-order valence-corrected chi connectivity index (χ0v) is 20.7. The van der Waals surface area contributed by atoms with Gasteiger partial charge in [0.25, 0.3) is 0 Å². The Kier molecular flexibility index (Phi) is 6.08. The topological polar surface area (TPSA) is 41.1 Å². The van der Waals surface area contributed by atoms with E-state index >= 15 is 0 Å². The van der Waals surface area contributed by atoms with Gasteiger partial charge < -0.3 is 10.6 Å². The normalized spacial score (nSPS) is 44.3. The summed E-state index contributed by atoms with van der Waals surface area (Å²) in [4.78, 5) is 14.3. The number of rotatable bonds is 7. The van der Waals surface area contributed by atoms with Crippen molar-refractivity contribution in [3.8, 4) is 0 Å². The van der Waals surface area contributed by atoms with Crippen molar-refractivity contribution in [2.24, 2.45) is 29.6 Å². The molecule has 0 aromatic heterocycles. The number of hydrogen-bond donors (Lipinski definition) is 2. The molecule has 2 N–H and O–H groups in total. The number of hydrogen-bond acceptors (Lipinski definition) is 2. The molecule has 5 heteroatoms. The molecule has 0 aromatic rings. The van der Waals surface area contributed by atoms with E-state index in [1.54, 1.807) is 0 Å². The van der Waals surface area contributed by atoms with Crippen LogP contribution in [0.15, 0.2) is 0 Å². The highest BCUT2D eigenvalue weighted by atomic mass is 127. The average Bonchev–Trinajstić information content (AvgIpc) is 3.46. The maximum atomic E-state index is 13.6. The molecule has 6 saturated carbocycles. The van der Waals surface area contributed by atoms with E-state index < -0.39 is 0 Å². The van der Waals surface area contributed by atoms with Crippen LogP contribution in [0, 0.1) is 29.6 Å². The molecular weight excluding hydrogens is 527 g/mol. The molecule has 2 atom stereocenters. The SMILES string of the molecule is O=C(NC12CC3CC(CC(C3)C1)C2)C(CI)C(NC1CCC(Br)CC1)C1CC1. The second-order valence-corrected chi connectivity index (χ2v) is 13.1. The van der Waals surface area contributed by atoms with Crippen LogP contribution in [0.5, 0.6) is 0 Å². The lowest BCUT2D eigenvalue weighted by atomic mass is 9.53. The minimum absolute atomic E-state index is 0.141. The first-order chi connectivity index (χ1) is 13.5. The molecule has 2 unspecified atom stereocenters. The van der Waals surface area contributed by atoms with Gasteiger partial charge in [-0.1, -0.05) is 38.5 Å². The zero-order valence-electron chi connectivity index (χ0n) is 17.0. The lowest BCUT2D eigenvalue weighted by Crippen LogP contribution is -2.62. The Morgan fingerprint density at radius 2 is 1.54 bits per heavy atom. The fourth-order valence-electron chi connectivity index (χ4n) is 7.47. The van der Waals surface area contributed by atoms with Gasteiger partial charge in [0, 0.05) is 26.9 Å². The minimum Gasteiger partial charge on any atom is -0.350 e. The molecule has 6 aliphatic rings. The van der Waals surface area contributed by atoms with Crippen LogP contribution >= 0.6 is 38.5 Å². The number of nitrogens with one attached hydrogen (secondary N) is 2. The van der Waals surface area contributed by atoms with Gasteiger partial charge in [-0.25, -0.2) is 0 Å². The zero-order chi connectivity index (χ0) is 19.3. The van der Waals surface area contributed by atoms with Crippen molar-refractivity contribution < 1.29 is 4.79 Å². The van der Waals surface area contributed by atoms with Crippen molar-refractivity contribution in [1.82, 2.24) is 10.6 Å². The fourth-order valence-corrected chi connectivity index (χ4v) is 8.95. The van der Waals surface area contributed by atoms with Crippen LogP contribution in [-0.4, -0.2) is 32.8 Å². The van der Waals surface area contributed by atoms with E-state index in [4.69, 9.17) is 0 Å². The molecule has 158 valence electrons. The predicted molar refractivity (Wildman–Crippen MR) is 126 cm³/mol. The Morgan fingerprint density at radius 3 is 2.04 bits per heavy atom. The quantitative estimate of drug-likeness (QED) is 0.331. The smallest absolute Gasteiger partial charge is 0.225 e. The van der Waals surface area contributed by atoms with Crippen LogP contribution in [0.4, 0.5) is 0 Å². The Hall–Kier alpha value is 0.640. The third-order valence-electron chi connectivity index (χ3n) is 8.58. The highest BCUT2D eigenvalue weighted by Gasteiger charge is 2.52. The van der Waals surface area contributed by atoms with Crippen molar-refractivity contribution in [1.29, 1.82) is 0 Å². The maximum Gasteiger partial charge on any atom is 0.225 e. The second kappa shape index (κ2) is 8.29. The highest BCUT2D eigenvalue weighted by molar-refractivity contribution is 14.1. The number of carbonyl (C=O) groups is 1. The van der Waals surface area contributed by atoms with Crippen LogP contribution in [0.1, 0.15) is 77.0 Å². The molecule has 0 aromatic carbocycles. The van der Waals surface area contributed by atoms with Gasteiger partial charge in [0.1, 0.15) is 0 Å². The molecule has 6 rings (SSSR count). The maximum absolute atomic E-state index is 13.6. The van der Waals surface area contributed by atoms with Gasteiger partial charge in [0.2, 0.25) is 5.91 Å². The Morgan fingerprint density at radius 1 is 0.964 bits per heavy atom. The Balaban J connectivity index is 1.25. The molecular formula is C23H36BrIN2O. The lowest BCUT2D eigenvalue weighted by molar-refractivity contribution is -0.131. The third kappa shape index (κ3) is 4.32. The van der Waals surface area contributed by atoms with Crippen LogP contribution in [-0.2, 0) is 4.79 Å². The van der Waals surface area contributed by atoms with E-state index in [1.807, 2.05) is 0 Å². The predicted octanol–water partition coefficient (Wildman–Crippen LogP) is 5.20. The number of halogens is 2. The molecule has 3 nitrogen and oxygen atoms in total. The summed E-state index contributed by atoms with van der Waals surface area (Å²) in [5.41, 5.74) is 0.151. The summed E-state index contributed by atoms with van der Waals surface area (Å²) in [6, 6.07) is 1.000.